The molecule has 14 heteroatoms. The highest BCUT2D eigenvalue weighted by atomic mass is 35.5. The molecule has 0 atom stereocenters. The van der Waals surface area contributed by atoms with Gasteiger partial charge in [0.25, 0.3) is 0 Å². The zero-order valence-electron chi connectivity index (χ0n) is 21.7. The lowest BCUT2D eigenvalue weighted by molar-refractivity contribution is -0.164. The van der Waals surface area contributed by atoms with Crippen LogP contribution < -0.4 is 20.2 Å². The summed E-state index contributed by atoms with van der Waals surface area (Å²) in [6.07, 6.45) is -0.743. The average molecular weight is 656 g/mol. The van der Waals surface area contributed by atoms with Crippen molar-refractivity contribution in [2.24, 2.45) is 15.5 Å². The minimum atomic E-state index is -3.75. The molecule has 6 nitrogen and oxygen atoms in total. The minimum Gasteiger partial charge on any atom is -0.431 e. The van der Waals surface area contributed by atoms with E-state index in [2.05, 4.69) is 44.2 Å². The standard InChI is InChI=1S/C27H26Cl4F4N4O2/c1-25(2)15-36-24(37-16-25)39-38-19(9-3-17-5-11-20(12-6-17)40-26(32,33)22(28)29)10-4-18-7-13-21(14-8-18)41-27(34,35)23(30)31/h3-14,22-23H,15-16H2,1-2H3,(H2,36,37,39)/b9-3+,10-4+. The van der Waals surface area contributed by atoms with E-state index in [0.29, 0.717) is 35.9 Å². The molecular weight excluding hydrogens is 630 g/mol. The second-order valence-corrected chi connectivity index (χ2v) is 11.8. The fourth-order valence-corrected chi connectivity index (χ4v) is 3.29. The van der Waals surface area contributed by atoms with Crippen LogP contribution in [0.5, 0.6) is 11.5 Å². The lowest BCUT2D eigenvalue weighted by atomic mass is 9.93. The molecule has 0 fully saturated rings. The first-order valence-electron chi connectivity index (χ1n) is 12.0. The molecule has 0 unspecified atom stereocenters. The lowest BCUT2D eigenvalue weighted by Crippen LogP contribution is -2.46. The van der Waals surface area contributed by atoms with E-state index in [1.165, 1.54) is 24.3 Å². The Morgan fingerprint density at radius 1 is 0.878 bits per heavy atom. The molecule has 1 heterocycles. The molecule has 2 N–H and O–H groups in total. The van der Waals surface area contributed by atoms with Gasteiger partial charge in [0, 0.05) is 18.5 Å². The summed E-state index contributed by atoms with van der Waals surface area (Å²) in [6.45, 7) is 5.49. The molecule has 0 saturated carbocycles. The summed E-state index contributed by atoms with van der Waals surface area (Å²) in [5.74, 6) is 0.272. The summed E-state index contributed by atoms with van der Waals surface area (Å²) in [5.41, 5.74) is 4.67. The zero-order valence-corrected chi connectivity index (χ0v) is 24.8. The molecule has 3 rings (SSSR count). The van der Waals surface area contributed by atoms with Gasteiger partial charge in [0.1, 0.15) is 11.5 Å². The zero-order chi connectivity index (χ0) is 30.3. The van der Waals surface area contributed by atoms with Crippen LogP contribution in [0.2, 0.25) is 0 Å². The minimum absolute atomic E-state index is 0.0140. The van der Waals surface area contributed by atoms with Gasteiger partial charge in [-0.25, -0.2) is 5.43 Å². The molecule has 0 saturated heterocycles. The van der Waals surface area contributed by atoms with Gasteiger partial charge in [-0.2, -0.15) is 22.7 Å². The number of hydrazone groups is 1. The van der Waals surface area contributed by atoms with Crippen molar-refractivity contribution in [1.29, 1.82) is 0 Å². The molecule has 0 bridgehead atoms. The van der Waals surface area contributed by atoms with Crippen molar-refractivity contribution in [2.45, 2.75) is 35.7 Å². The number of nitrogens with one attached hydrogen (secondary N) is 2. The molecule has 41 heavy (non-hydrogen) atoms. The number of aliphatic imine (C=N–C) groups is 1. The number of guanidine groups is 1. The first kappa shape index (κ1) is 32.8. The van der Waals surface area contributed by atoms with Crippen LogP contribution in [0.25, 0.3) is 12.2 Å². The summed E-state index contributed by atoms with van der Waals surface area (Å²) in [4.78, 5) is 0.394. The first-order valence-corrected chi connectivity index (χ1v) is 13.8. The van der Waals surface area contributed by atoms with Crippen LogP contribution in [0.1, 0.15) is 25.0 Å². The van der Waals surface area contributed by atoms with Gasteiger partial charge in [-0.05, 0) is 47.5 Å². The predicted molar refractivity (Wildman–Crippen MR) is 158 cm³/mol. The Morgan fingerprint density at radius 3 is 1.68 bits per heavy atom. The molecular formula is C27H26Cl4F4N4O2. The number of hydrogen-bond donors (Lipinski definition) is 2. The number of hydrogen-bond acceptors (Lipinski definition) is 6. The van der Waals surface area contributed by atoms with Gasteiger partial charge >= 0.3 is 12.2 Å². The Kier molecular flexibility index (Phi) is 11.2. The topological polar surface area (TPSA) is 67.2 Å². The van der Waals surface area contributed by atoms with Gasteiger partial charge in [-0.15, -0.1) is 0 Å². The number of nitrogens with zero attached hydrogens (tertiary/aromatic N) is 2. The quantitative estimate of drug-likeness (QED) is 0.112. The summed E-state index contributed by atoms with van der Waals surface area (Å²) in [5, 5.41) is 7.56. The van der Waals surface area contributed by atoms with E-state index < -0.39 is 21.9 Å². The van der Waals surface area contributed by atoms with Crippen molar-refractivity contribution in [3.8, 4) is 11.5 Å². The maximum absolute atomic E-state index is 13.6. The van der Waals surface area contributed by atoms with Crippen LogP contribution in [-0.2, 0) is 0 Å². The van der Waals surface area contributed by atoms with Crippen LogP contribution in [0, 0.1) is 5.41 Å². The van der Waals surface area contributed by atoms with Gasteiger partial charge in [0.2, 0.25) is 15.6 Å². The summed E-state index contributed by atoms with van der Waals surface area (Å²) in [6, 6.07) is 11.6. The van der Waals surface area contributed by atoms with Crippen molar-refractivity contribution < 1.29 is 27.0 Å². The molecule has 1 aliphatic heterocycles. The van der Waals surface area contributed by atoms with E-state index >= 15 is 0 Å². The molecule has 0 aliphatic carbocycles. The van der Waals surface area contributed by atoms with Gasteiger partial charge < -0.3 is 14.8 Å². The van der Waals surface area contributed by atoms with Crippen molar-refractivity contribution in [3.63, 3.8) is 0 Å². The summed E-state index contributed by atoms with van der Waals surface area (Å²) >= 11 is 21.0. The fourth-order valence-electron chi connectivity index (χ4n) is 3.11. The molecule has 0 radical (unpaired) electrons. The number of allylic oxidation sites excluding steroid dienone is 2. The molecule has 1 aliphatic rings. The SMILES string of the molecule is CC1(C)CN=C(NN=C(/C=C/c2ccc(OC(F)(F)C(Cl)Cl)cc2)/C=C/c2ccc(OC(F)(F)C(Cl)Cl)cc2)NC1. The normalized spacial score (nSPS) is 15.7. The van der Waals surface area contributed by atoms with Crippen LogP contribution >= 0.6 is 46.4 Å². The largest absolute Gasteiger partial charge is 0.431 e. The van der Waals surface area contributed by atoms with Crippen molar-refractivity contribution in [3.05, 3.63) is 71.8 Å². The lowest BCUT2D eigenvalue weighted by Gasteiger charge is -2.28. The van der Waals surface area contributed by atoms with Crippen molar-refractivity contribution >= 4 is 70.2 Å². The third-order valence-corrected chi connectivity index (χ3v) is 6.38. The van der Waals surface area contributed by atoms with Crippen molar-refractivity contribution in [1.82, 2.24) is 10.7 Å². The molecule has 2 aromatic rings. The first-order chi connectivity index (χ1) is 19.1. The Hall–Kier alpha value is -2.66. The third-order valence-electron chi connectivity index (χ3n) is 5.36. The highest BCUT2D eigenvalue weighted by Crippen LogP contribution is 2.31. The van der Waals surface area contributed by atoms with E-state index in [1.807, 2.05) is 0 Å². The summed E-state index contributed by atoms with van der Waals surface area (Å²) < 4.78 is 63.6. The Labute approximate surface area is 255 Å². The number of alkyl halides is 8. The third kappa shape index (κ3) is 10.6. The van der Waals surface area contributed by atoms with Crippen molar-refractivity contribution in [2.75, 3.05) is 13.1 Å². The van der Waals surface area contributed by atoms with E-state index in [-0.39, 0.29) is 16.9 Å². The molecule has 2 aromatic carbocycles. The monoisotopic (exact) mass is 654 g/mol. The smallest absolute Gasteiger partial charge is 0.428 e. The van der Waals surface area contributed by atoms with Gasteiger partial charge in [0.15, 0.2) is 0 Å². The van der Waals surface area contributed by atoms with Crippen LogP contribution in [0.3, 0.4) is 0 Å². The number of halogens is 8. The number of benzene rings is 2. The second-order valence-electron chi connectivity index (χ2n) is 9.56. The Balaban J connectivity index is 1.76. The van der Waals surface area contributed by atoms with Crippen LogP contribution in [-0.4, -0.2) is 46.7 Å². The highest BCUT2D eigenvalue weighted by molar-refractivity contribution is 6.45. The Bertz CT molecular complexity index is 1210. The number of rotatable bonds is 11. The predicted octanol–water partition coefficient (Wildman–Crippen LogP) is 7.89. The van der Waals surface area contributed by atoms with E-state index in [0.717, 1.165) is 0 Å². The molecule has 0 aromatic heterocycles. The molecule has 222 valence electrons. The van der Waals surface area contributed by atoms with E-state index in [4.69, 9.17) is 46.4 Å². The van der Waals surface area contributed by atoms with Crippen LogP contribution in [0.15, 0.2) is 70.8 Å². The highest BCUT2D eigenvalue weighted by Gasteiger charge is 2.41. The average Bonchev–Trinajstić information content (AvgIpc) is 2.90. The number of ether oxygens (including phenoxy) is 2. The summed E-state index contributed by atoms with van der Waals surface area (Å²) in [7, 11) is 0. The van der Waals surface area contributed by atoms with Gasteiger partial charge in [-0.1, -0.05) is 96.7 Å². The van der Waals surface area contributed by atoms with Crippen LogP contribution in [0.4, 0.5) is 17.6 Å². The maximum atomic E-state index is 13.6. The Morgan fingerprint density at radius 2 is 1.32 bits per heavy atom. The van der Waals surface area contributed by atoms with E-state index in [9.17, 15) is 17.6 Å². The second kappa shape index (κ2) is 14.0. The fraction of sp³-hybridized carbons (Fsp3) is 0.333. The van der Waals surface area contributed by atoms with E-state index in [1.54, 1.807) is 48.6 Å². The van der Waals surface area contributed by atoms with Gasteiger partial charge in [0.05, 0.1) is 5.71 Å². The molecule has 0 amide bonds. The maximum Gasteiger partial charge on any atom is 0.428 e. The van der Waals surface area contributed by atoms with Gasteiger partial charge in [-0.3, -0.25) is 4.99 Å². The molecule has 0 spiro atoms.